The van der Waals surface area contributed by atoms with E-state index in [-0.39, 0.29) is 19.4 Å². The average molecular weight is 823 g/mol. The van der Waals surface area contributed by atoms with Crippen LogP contribution in [0.5, 0.6) is 0 Å². The molecule has 11 heteroatoms. The maximum Gasteiger partial charge on any atom is 0.472 e. The third-order valence-electron chi connectivity index (χ3n) is 8.83. The van der Waals surface area contributed by atoms with E-state index in [0.717, 1.165) is 83.5 Å². The minimum atomic E-state index is -4.63. The topological polar surface area (TPSA) is 149 Å². The molecule has 0 aliphatic heterocycles. The molecule has 0 bridgehead atoms. The van der Waals surface area contributed by atoms with E-state index in [2.05, 4.69) is 91.3 Å². The first-order chi connectivity index (χ1) is 27.7. The molecule has 0 aromatic rings. The van der Waals surface area contributed by atoms with Crippen molar-refractivity contribution in [3.05, 3.63) is 72.9 Å². The molecule has 0 rings (SSSR count). The van der Waals surface area contributed by atoms with Gasteiger partial charge in [0.1, 0.15) is 12.7 Å². The van der Waals surface area contributed by atoms with Crippen molar-refractivity contribution in [2.75, 3.05) is 26.4 Å². The number of unbranched alkanes of at least 4 members (excludes halogenated alkanes) is 14. The molecule has 10 nitrogen and oxygen atoms in total. The number of hydrogen-bond donors (Lipinski definition) is 3. The van der Waals surface area contributed by atoms with E-state index in [0.29, 0.717) is 12.8 Å². The molecule has 328 valence electrons. The number of aliphatic hydroxyl groups excluding tert-OH is 2. The molecule has 0 fully saturated rings. The third-order valence-corrected chi connectivity index (χ3v) is 9.78. The Labute approximate surface area is 346 Å². The monoisotopic (exact) mass is 823 g/mol. The lowest BCUT2D eigenvalue weighted by Crippen LogP contribution is -2.29. The predicted octanol–water partition coefficient (Wildman–Crippen LogP) is 11.7. The lowest BCUT2D eigenvalue weighted by Gasteiger charge is -2.20. The van der Waals surface area contributed by atoms with Crippen LogP contribution in [0.1, 0.15) is 168 Å². The van der Waals surface area contributed by atoms with Gasteiger partial charge in [0.05, 0.1) is 19.8 Å². The Morgan fingerprint density at radius 1 is 0.526 bits per heavy atom. The fourth-order valence-electron chi connectivity index (χ4n) is 5.42. The summed E-state index contributed by atoms with van der Waals surface area (Å²) in [6.07, 6.45) is 47.2. The highest BCUT2D eigenvalue weighted by Crippen LogP contribution is 2.43. The quantitative estimate of drug-likeness (QED) is 0.0236. The van der Waals surface area contributed by atoms with Gasteiger partial charge in [0, 0.05) is 12.8 Å². The van der Waals surface area contributed by atoms with Crippen LogP contribution in [-0.4, -0.2) is 65.7 Å². The molecule has 0 aromatic carbocycles. The molecular formula is C46H79O10P. The highest BCUT2D eigenvalue weighted by molar-refractivity contribution is 7.47. The van der Waals surface area contributed by atoms with Gasteiger partial charge < -0.3 is 24.6 Å². The predicted molar refractivity (Wildman–Crippen MR) is 233 cm³/mol. The number of carbonyl (C=O) groups is 2. The zero-order chi connectivity index (χ0) is 41.9. The summed E-state index contributed by atoms with van der Waals surface area (Å²) in [5.74, 6) is -0.983. The van der Waals surface area contributed by atoms with Crippen molar-refractivity contribution < 1.29 is 47.8 Å². The van der Waals surface area contributed by atoms with Gasteiger partial charge in [-0.25, -0.2) is 4.57 Å². The standard InChI is InChI=1S/C46H79O10P/c1-3-5-7-9-11-13-15-17-19-20-21-22-24-26-28-30-32-34-36-38-46(50)56-44(42-55-57(51,52)54-40-43(48)39-47)41-53-45(49)37-35-33-31-29-27-25-23-18-16-14-12-10-8-6-4-2/h11-14,17-19,21-23,26,28,43-44,47-48H,3-10,15-16,20,24-25,27,29-42H2,1-2H3,(H,51,52). The van der Waals surface area contributed by atoms with Crippen molar-refractivity contribution >= 4 is 19.8 Å². The van der Waals surface area contributed by atoms with E-state index in [1.165, 1.54) is 44.9 Å². The van der Waals surface area contributed by atoms with Crippen LogP contribution in [0.4, 0.5) is 0 Å². The van der Waals surface area contributed by atoms with Crippen molar-refractivity contribution in [3.8, 4) is 0 Å². The Bertz CT molecular complexity index is 1180. The Hall–Kier alpha value is -2.59. The molecule has 0 aromatic heterocycles. The second kappa shape index (κ2) is 41.6. The van der Waals surface area contributed by atoms with Gasteiger partial charge in [-0.15, -0.1) is 0 Å². The zero-order valence-electron chi connectivity index (χ0n) is 35.5. The highest BCUT2D eigenvalue weighted by atomic mass is 31.2. The Kier molecular flexibility index (Phi) is 39.7. The van der Waals surface area contributed by atoms with Crippen molar-refractivity contribution in [1.29, 1.82) is 0 Å². The fraction of sp³-hybridized carbons (Fsp3) is 0.696. The maximum absolute atomic E-state index is 12.6. The van der Waals surface area contributed by atoms with Gasteiger partial charge >= 0.3 is 19.8 Å². The van der Waals surface area contributed by atoms with Crippen LogP contribution >= 0.6 is 7.82 Å². The minimum Gasteiger partial charge on any atom is -0.462 e. The van der Waals surface area contributed by atoms with E-state index in [4.69, 9.17) is 19.1 Å². The molecule has 57 heavy (non-hydrogen) atoms. The fourth-order valence-corrected chi connectivity index (χ4v) is 6.21. The van der Waals surface area contributed by atoms with Crippen LogP contribution in [0, 0.1) is 0 Å². The first-order valence-electron chi connectivity index (χ1n) is 21.9. The minimum absolute atomic E-state index is 0.140. The van der Waals surface area contributed by atoms with Crippen molar-refractivity contribution in [1.82, 2.24) is 0 Å². The molecule has 0 saturated heterocycles. The molecule has 3 unspecified atom stereocenters. The maximum atomic E-state index is 12.6. The molecule has 0 radical (unpaired) electrons. The first kappa shape index (κ1) is 54.4. The van der Waals surface area contributed by atoms with Crippen molar-refractivity contribution in [3.63, 3.8) is 0 Å². The average Bonchev–Trinajstić information content (AvgIpc) is 3.20. The summed E-state index contributed by atoms with van der Waals surface area (Å²) in [5.41, 5.74) is 0. The van der Waals surface area contributed by atoms with Gasteiger partial charge in [-0.2, -0.15) is 0 Å². The lowest BCUT2D eigenvalue weighted by atomic mass is 10.1. The van der Waals surface area contributed by atoms with Crippen LogP contribution in [0.3, 0.4) is 0 Å². The van der Waals surface area contributed by atoms with E-state index in [1.807, 2.05) is 0 Å². The molecule has 0 spiro atoms. The van der Waals surface area contributed by atoms with Gasteiger partial charge in [-0.05, 0) is 89.9 Å². The van der Waals surface area contributed by atoms with E-state index in [1.54, 1.807) is 0 Å². The van der Waals surface area contributed by atoms with E-state index >= 15 is 0 Å². The number of ether oxygens (including phenoxy) is 2. The smallest absolute Gasteiger partial charge is 0.462 e. The molecule has 0 amide bonds. The normalized spacial score (nSPS) is 14.5. The first-order valence-corrected chi connectivity index (χ1v) is 23.4. The van der Waals surface area contributed by atoms with Gasteiger partial charge in [0.15, 0.2) is 6.10 Å². The van der Waals surface area contributed by atoms with Gasteiger partial charge in [-0.3, -0.25) is 18.6 Å². The number of rotatable bonds is 40. The number of phosphoric ester groups is 1. The summed E-state index contributed by atoms with van der Waals surface area (Å²) >= 11 is 0. The van der Waals surface area contributed by atoms with Crippen LogP contribution < -0.4 is 0 Å². The third kappa shape index (κ3) is 41.4. The van der Waals surface area contributed by atoms with Gasteiger partial charge in [-0.1, -0.05) is 138 Å². The molecule has 0 aliphatic carbocycles. The Balaban J connectivity index is 4.40. The summed E-state index contributed by atoms with van der Waals surface area (Å²) in [4.78, 5) is 35.0. The van der Waals surface area contributed by atoms with E-state index < -0.39 is 51.8 Å². The van der Waals surface area contributed by atoms with Crippen LogP contribution in [0.25, 0.3) is 0 Å². The highest BCUT2D eigenvalue weighted by Gasteiger charge is 2.27. The summed E-state index contributed by atoms with van der Waals surface area (Å²) in [6.45, 7) is 2.26. The molecule has 0 saturated carbocycles. The summed E-state index contributed by atoms with van der Waals surface area (Å²) in [7, 11) is -4.63. The number of phosphoric acid groups is 1. The summed E-state index contributed by atoms with van der Waals surface area (Å²) in [6, 6.07) is 0. The Morgan fingerprint density at radius 3 is 1.39 bits per heavy atom. The number of carbonyl (C=O) groups excluding carboxylic acids is 2. The van der Waals surface area contributed by atoms with E-state index in [9.17, 15) is 24.2 Å². The molecule has 3 atom stereocenters. The second-order valence-corrected chi connectivity index (χ2v) is 15.8. The largest absolute Gasteiger partial charge is 0.472 e. The van der Waals surface area contributed by atoms with Crippen LogP contribution in [0.15, 0.2) is 72.9 Å². The van der Waals surface area contributed by atoms with Crippen LogP contribution in [0.2, 0.25) is 0 Å². The number of aliphatic hydroxyl groups is 2. The SMILES string of the molecule is CCCCCC=CCC=CCC=CCC=CCCCCCC(=O)OC(COC(=O)CCCCCCCC=CCC=CCCCCC)COP(=O)(O)OCC(O)CO. The Morgan fingerprint density at radius 2 is 0.912 bits per heavy atom. The van der Waals surface area contributed by atoms with Crippen LogP contribution in [-0.2, 0) is 32.7 Å². The van der Waals surface area contributed by atoms with Gasteiger partial charge in [0.25, 0.3) is 0 Å². The molecule has 0 heterocycles. The lowest BCUT2D eigenvalue weighted by molar-refractivity contribution is -0.161. The number of hydrogen-bond acceptors (Lipinski definition) is 9. The molecule has 3 N–H and O–H groups in total. The molecule has 0 aliphatic rings. The summed E-state index contributed by atoms with van der Waals surface area (Å²) < 4.78 is 32.7. The number of esters is 2. The zero-order valence-corrected chi connectivity index (χ0v) is 36.4. The van der Waals surface area contributed by atoms with Crippen molar-refractivity contribution in [2.24, 2.45) is 0 Å². The number of allylic oxidation sites excluding steroid dienone is 12. The molecular weight excluding hydrogens is 743 g/mol. The van der Waals surface area contributed by atoms with Crippen molar-refractivity contribution in [2.45, 2.75) is 180 Å². The van der Waals surface area contributed by atoms with Gasteiger partial charge in [0.2, 0.25) is 0 Å². The second-order valence-electron chi connectivity index (χ2n) is 14.4. The summed E-state index contributed by atoms with van der Waals surface area (Å²) in [5, 5.41) is 18.3.